The maximum Gasteiger partial charge on any atom is 0.126 e. The summed E-state index contributed by atoms with van der Waals surface area (Å²) >= 11 is 0. The molecule has 5 heteroatoms. The van der Waals surface area contributed by atoms with E-state index in [1.807, 2.05) is 24.5 Å². The van der Waals surface area contributed by atoms with Crippen molar-refractivity contribution in [1.82, 2.24) is 14.5 Å². The molecule has 0 spiro atoms. The molecule has 4 rings (SSSR count). The highest BCUT2D eigenvalue weighted by molar-refractivity contribution is 5.84. The van der Waals surface area contributed by atoms with Gasteiger partial charge in [-0.25, -0.2) is 4.98 Å². The molecule has 1 aliphatic heterocycles. The molecule has 5 nitrogen and oxygen atoms in total. The average Bonchev–Trinajstić information content (AvgIpc) is 3.39. The maximum atomic E-state index is 9.29. The highest BCUT2D eigenvalue weighted by Gasteiger charge is 2.22. The van der Waals surface area contributed by atoms with Gasteiger partial charge in [0.15, 0.2) is 0 Å². The Kier molecular flexibility index (Phi) is 6.27. The molecule has 1 fully saturated rings. The number of piperidine rings is 1. The standard InChI is InChI=1S/C24H29N3O2/c1-19(15-22-10-6-14-29-22)24-23(21-8-3-2-4-9-21)25-18-27(24)17-20-7-5-11-26(16-20)12-13-28/h2-4,6,8-10,14-15,18,20,28H,5,7,11-13,16-17H2,1H3/b19-15+/t20-/m1/s1. The molecule has 1 atom stereocenters. The Morgan fingerprint density at radius 3 is 2.86 bits per heavy atom. The Morgan fingerprint density at radius 2 is 2.10 bits per heavy atom. The Morgan fingerprint density at radius 1 is 1.24 bits per heavy atom. The summed E-state index contributed by atoms with van der Waals surface area (Å²) < 4.78 is 7.84. The summed E-state index contributed by atoms with van der Waals surface area (Å²) in [5.41, 5.74) is 4.42. The van der Waals surface area contributed by atoms with Crippen molar-refractivity contribution in [2.24, 2.45) is 5.92 Å². The molecule has 152 valence electrons. The third kappa shape index (κ3) is 4.69. The van der Waals surface area contributed by atoms with Crippen LogP contribution in [0.3, 0.4) is 0 Å². The summed E-state index contributed by atoms with van der Waals surface area (Å²) in [5, 5.41) is 9.29. The summed E-state index contributed by atoms with van der Waals surface area (Å²) in [4.78, 5) is 7.16. The van der Waals surface area contributed by atoms with Crippen LogP contribution < -0.4 is 0 Å². The molecule has 3 aromatic rings. The largest absolute Gasteiger partial charge is 0.465 e. The summed E-state index contributed by atoms with van der Waals surface area (Å²) in [6.07, 6.45) is 8.15. The van der Waals surface area contributed by atoms with E-state index in [2.05, 4.69) is 46.7 Å². The average molecular weight is 392 g/mol. The van der Waals surface area contributed by atoms with Gasteiger partial charge < -0.3 is 19.0 Å². The zero-order valence-electron chi connectivity index (χ0n) is 17.0. The summed E-state index contributed by atoms with van der Waals surface area (Å²) in [6.45, 7) is 6.16. The lowest BCUT2D eigenvalue weighted by atomic mass is 9.97. The molecule has 3 heterocycles. The molecule has 1 aliphatic rings. The molecular weight excluding hydrogens is 362 g/mol. The number of hydrogen-bond donors (Lipinski definition) is 1. The molecule has 0 unspecified atom stereocenters. The SMILES string of the molecule is C/C(=C\c1ccco1)c1c(-c2ccccc2)ncn1C[C@@H]1CCCN(CCO)C1. The molecule has 1 aromatic carbocycles. The van der Waals surface area contributed by atoms with Crippen LogP contribution in [-0.4, -0.2) is 45.8 Å². The summed E-state index contributed by atoms with van der Waals surface area (Å²) in [7, 11) is 0. The van der Waals surface area contributed by atoms with Crippen molar-refractivity contribution in [1.29, 1.82) is 0 Å². The summed E-state index contributed by atoms with van der Waals surface area (Å²) in [5.74, 6) is 1.41. The monoisotopic (exact) mass is 391 g/mol. The molecule has 1 N–H and O–H groups in total. The molecule has 0 amide bonds. The number of hydrogen-bond acceptors (Lipinski definition) is 4. The van der Waals surface area contributed by atoms with Crippen LogP contribution in [0.2, 0.25) is 0 Å². The number of aliphatic hydroxyl groups excluding tert-OH is 1. The van der Waals surface area contributed by atoms with Crippen LogP contribution >= 0.6 is 0 Å². The molecule has 1 saturated heterocycles. The van der Waals surface area contributed by atoms with E-state index in [1.54, 1.807) is 6.26 Å². The number of imidazole rings is 1. The number of likely N-dealkylation sites (tertiary alicyclic amines) is 1. The van der Waals surface area contributed by atoms with Crippen molar-refractivity contribution in [3.05, 3.63) is 66.5 Å². The molecular formula is C24H29N3O2. The fourth-order valence-corrected chi connectivity index (χ4v) is 4.32. The van der Waals surface area contributed by atoms with Gasteiger partial charge in [-0.3, -0.25) is 0 Å². The first-order valence-corrected chi connectivity index (χ1v) is 10.4. The number of allylic oxidation sites excluding steroid dienone is 1. The Hall–Kier alpha value is -2.63. The smallest absolute Gasteiger partial charge is 0.126 e. The van der Waals surface area contributed by atoms with Crippen molar-refractivity contribution in [3.63, 3.8) is 0 Å². The molecule has 29 heavy (non-hydrogen) atoms. The number of aromatic nitrogens is 2. The van der Waals surface area contributed by atoms with Crippen molar-refractivity contribution < 1.29 is 9.52 Å². The van der Waals surface area contributed by atoms with Crippen LogP contribution in [-0.2, 0) is 6.54 Å². The van der Waals surface area contributed by atoms with Crippen LogP contribution in [0, 0.1) is 5.92 Å². The second kappa shape index (κ2) is 9.25. The van der Waals surface area contributed by atoms with Gasteiger partial charge >= 0.3 is 0 Å². The second-order valence-electron chi connectivity index (χ2n) is 7.84. The van der Waals surface area contributed by atoms with Gasteiger partial charge in [0.1, 0.15) is 5.76 Å². The minimum absolute atomic E-state index is 0.228. The van der Waals surface area contributed by atoms with E-state index in [9.17, 15) is 5.11 Å². The molecule has 0 radical (unpaired) electrons. The van der Waals surface area contributed by atoms with Gasteiger partial charge in [0, 0.05) is 25.2 Å². The third-order valence-electron chi connectivity index (χ3n) is 5.63. The normalized spacial score (nSPS) is 18.3. The van der Waals surface area contributed by atoms with Gasteiger partial charge in [-0.05, 0) is 56.0 Å². The van der Waals surface area contributed by atoms with E-state index in [4.69, 9.17) is 9.40 Å². The first-order valence-electron chi connectivity index (χ1n) is 10.4. The highest BCUT2D eigenvalue weighted by atomic mass is 16.3. The fraction of sp³-hybridized carbons (Fsp3) is 0.375. The van der Waals surface area contributed by atoms with Gasteiger partial charge in [-0.1, -0.05) is 30.3 Å². The number of benzene rings is 1. The van der Waals surface area contributed by atoms with E-state index >= 15 is 0 Å². The van der Waals surface area contributed by atoms with Crippen LogP contribution in [0.15, 0.2) is 59.5 Å². The minimum atomic E-state index is 0.228. The van der Waals surface area contributed by atoms with Gasteiger partial charge in [-0.2, -0.15) is 0 Å². The lowest BCUT2D eigenvalue weighted by Crippen LogP contribution is -2.38. The predicted molar refractivity (Wildman–Crippen MR) is 116 cm³/mol. The van der Waals surface area contributed by atoms with Gasteiger partial charge in [0.05, 0.1) is 30.6 Å². The molecule has 0 saturated carbocycles. The molecule has 0 aliphatic carbocycles. The topological polar surface area (TPSA) is 54.4 Å². The van der Waals surface area contributed by atoms with Crippen molar-refractivity contribution >= 4 is 11.6 Å². The van der Waals surface area contributed by atoms with E-state index in [0.29, 0.717) is 5.92 Å². The molecule has 0 bridgehead atoms. The predicted octanol–water partition coefficient (Wildman–Crippen LogP) is 4.41. The quantitative estimate of drug-likeness (QED) is 0.648. The van der Waals surface area contributed by atoms with Gasteiger partial charge in [0.25, 0.3) is 0 Å². The zero-order chi connectivity index (χ0) is 20.1. The number of furan rings is 1. The number of rotatable bonds is 7. The first kappa shape index (κ1) is 19.7. The minimum Gasteiger partial charge on any atom is -0.465 e. The first-order chi connectivity index (χ1) is 14.2. The van der Waals surface area contributed by atoms with E-state index in [-0.39, 0.29) is 6.61 Å². The van der Waals surface area contributed by atoms with Crippen LogP contribution in [0.5, 0.6) is 0 Å². The van der Waals surface area contributed by atoms with E-state index in [1.165, 1.54) is 12.8 Å². The van der Waals surface area contributed by atoms with E-state index < -0.39 is 0 Å². The van der Waals surface area contributed by atoms with Crippen molar-refractivity contribution in [3.8, 4) is 11.3 Å². The van der Waals surface area contributed by atoms with Gasteiger partial charge in [0.2, 0.25) is 0 Å². The van der Waals surface area contributed by atoms with Crippen LogP contribution in [0.4, 0.5) is 0 Å². The Balaban J connectivity index is 1.66. The highest BCUT2D eigenvalue weighted by Crippen LogP contribution is 2.30. The Bertz CT molecular complexity index is 926. The fourth-order valence-electron chi connectivity index (χ4n) is 4.32. The number of nitrogens with zero attached hydrogens (tertiary/aromatic N) is 3. The lowest BCUT2D eigenvalue weighted by molar-refractivity contribution is 0.132. The van der Waals surface area contributed by atoms with Crippen molar-refractivity contribution in [2.75, 3.05) is 26.2 Å². The number of β-amino-alcohol motifs (C(OH)–C–C–N with tert-alkyl or cyclic N) is 1. The number of aliphatic hydroxyl groups is 1. The van der Waals surface area contributed by atoms with Crippen LogP contribution in [0.1, 0.15) is 31.2 Å². The van der Waals surface area contributed by atoms with Gasteiger partial charge in [-0.15, -0.1) is 0 Å². The van der Waals surface area contributed by atoms with Crippen molar-refractivity contribution in [2.45, 2.75) is 26.3 Å². The lowest BCUT2D eigenvalue weighted by Gasteiger charge is -2.32. The molecule has 2 aromatic heterocycles. The third-order valence-corrected chi connectivity index (χ3v) is 5.63. The maximum absolute atomic E-state index is 9.29. The van der Waals surface area contributed by atoms with Crippen LogP contribution in [0.25, 0.3) is 22.9 Å². The Labute approximate surface area is 172 Å². The summed E-state index contributed by atoms with van der Waals surface area (Å²) in [6, 6.07) is 14.2. The zero-order valence-corrected chi connectivity index (χ0v) is 17.0. The second-order valence-corrected chi connectivity index (χ2v) is 7.84. The van der Waals surface area contributed by atoms with E-state index in [0.717, 1.165) is 54.5 Å².